The number of hydrogen-bond donors (Lipinski definition) is 2. The second kappa shape index (κ2) is 8.33. The van der Waals surface area contributed by atoms with Gasteiger partial charge in [-0.3, -0.25) is 14.5 Å². The summed E-state index contributed by atoms with van der Waals surface area (Å²) in [5.41, 5.74) is 7.90. The second-order valence-electron chi connectivity index (χ2n) is 7.05. The smallest absolute Gasteiger partial charge is 0.357 e. The standard InChI is InChI=1S/C22H21N3O4S/c1-13(26)24-16-12-30-21-17(23)20(27)25(21)18(16)22(28)29-19(14-8-4-2-5-9-14)15-10-6-3-7-11-15/h2-11,17,19,21H,12,23H2,1H3,(H,24,26)/t17?,21-/m1/s1. The summed E-state index contributed by atoms with van der Waals surface area (Å²) in [4.78, 5) is 38.7. The molecule has 7 nitrogen and oxygen atoms in total. The number of nitrogens with one attached hydrogen (secondary N) is 1. The fourth-order valence-corrected chi connectivity index (χ4v) is 4.79. The number of amides is 2. The number of nitrogens with two attached hydrogens (primary N) is 1. The predicted octanol–water partition coefficient (Wildman–Crippen LogP) is 1.91. The quantitative estimate of drug-likeness (QED) is 0.563. The lowest BCUT2D eigenvalue weighted by Gasteiger charge is -2.48. The Morgan fingerprint density at radius 2 is 1.67 bits per heavy atom. The van der Waals surface area contributed by atoms with E-state index in [0.29, 0.717) is 11.4 Å². The first kappa shape index (κ1) is 20.2. The van der Waals surface area contributed by atoms with Crippen molar-refractivity contribution >= 4 is 29.5 Å². The Labute approximate surface area is 178 Å². The van der Waals surface area contributed by atoms with E-state index in [1.165, 1.54) is 23.6 Å². The number of thioether (sulfide) groups is 1. The molecular weight excluding hydrogens is 402 g/mol. The van der Waals surface area contributed by atoms with Crippen molar-refractivity contribution in [2.24, 2.45) is 5.73 Å². The summed E-state index contributed by atoms with van der Waals surface area (Å²) >= 11 is 1.41. The molecule has 2 aliphatic heterocycles. The van der Waals surface area contributed by atoms with Crippen LogP contribution in [0.3, 0.4) is 0 Å². The number of benzene rings is 2. The highest BCUT2D eigenvalue weighted by molar-refractivity contribution is 8.00. The number of carbonyl (C=O) groups excluding carboxylic acids is 3. The van der Waals surface area contributed by atoms with E-state index in [4.69, 9.17) is 10.5 Å². The number of esters is 1. The minimum atomic E-state index is -0.679. The molecule has 2 amide bonds. The SMILES string of the molecule is CC(=O)NC1=C(C(=O)OC(c2ccccc2)c2ccccc2)N2C(=O)C(N)[C@H]2SC1. The number of ether oxygens (including phenoxy) is 1. The largest absolute Gasteiger partial charge is 0.448 e. The molecule has 8 heteroatoms. The maximum Gasteiger partial charge on any atom is 0.357 e. The molecule has 0 spiro atoms. The van der Waals surface area contributed by atoms with E-state index >= 15 is 0 Å². The summed E-state index contributed by atoms with van der Waals surface area (Å²) in [5, 5.41) is 2.33. The molecule has 2 aromatic rings. The van der Waals surface area contributed by atoms with Crippen molar-refractivity contribution in [3.63, 3.8) is 0 Å². The van der Waals surface area contributed by atoms with Gasteiger partial charge in [-0.15, -0.1) is 11.8 Å². The summed E-state index contributed by atoms with van der Waals surface area (Å²) in [6, 6.07) is 18.1. The summed E-state index contributed by atoms with van der Waals surface area (Å²) < 4.78 is 5.92. The minimum absolute atomic E-state index is 0.0533. The van der Waals surface area contributed by atoms with Crippen molar-refractivity contribution in [3.05, 3.63) is 83.2 Å². The number of rotatable bonds is 5. The molecule has 1 unspecified atom stereocenters. The third-order valence-electron chi connectivity index (χ3n) is 4.96. The van der Waals surface area contributed by atoms with Crippen LogP contribution in [0, 0.1) is 0 Å². The summed E-state index contributed by atoms with van der Waals surface area (Å²) in [7, 11) is 0. The summed E-state index contributed by atoms with van der Waals surface area (Å²) in [6.45, 7) is 1.35. The molecule has 2 aromatic carbocycles. The van der Waals surface area contributed by atoms with Crippen LogP contribution in [-0.4, -0.2) is 39.9 Å². The zero-order chi connectivity index (χ0) is 21.3. The Kier molecular flexibility index (Phi) is 5.61. The van der Waals surface area contributed by atoms with Crippen molar-refractivity contribution in [1.29, 1.82) is 0 Å². The predicted molar refractivity (Wildman–Crippen MR) is 113 cm³/mol. The maximum absolute atomic E-state index is 13.3. The van der Waals surface area contributed by atoms with Crippen LogP contribution in [0.4, 0.5) is 0 Å². The van der Waals surface area contributed by atoms with Gasteiger partial charge in [0.2, 0.25) is 11.8 Å². The van der Waals surface area contributed by atoms with E-state index in [1.807, 2.05) is 60.7 Å². The Morgan fingerprint density at radius 3 is 2.20 bits per heavy atom. The molecule has 2 heterocycles. The van der Waals surface area contributed by atoms with E-state index in [-0.39, 0.29) is 22.9 Å². The highest BCUT2D eigenvalue weighted by atomic mass is 32.2. The van der Waals surface area contributed by atoms with Gasteiger partial charge in [0.05, 0.1) is 5.70 Å². The molecule has 2 atom stereocenters. The van der Waals surface area contributed by atoms with E-state index in [1.54, 1.807) is 0 Å². The third kappa shape index (κ3) is 3.71. The highest BCUT2D eigenvalue weighted by Gasteiger charge is 2.52. The second-order valence-corrected chi connectivity index (χ2v) is 8.16. The lowest BCUT2D eigenvalue weighted by Crippen LogP contribution is -2.69. The molecule has 2 aliphatic rings. The fraction of sp³-hybridized carbons (Fsp3) is 0.227. The van der Waals surface area contributed by atoms with Gasteiger partial charge >= 0.3 is 5.97 Å². The molecular formula is C22H21N3O4S. The summed E-state index contributed by atoms with van der Waals surface area (Å²) in [5.74, 6) is -1.01. The van der Waals surface area contributed by atoms with Gasteiger partial charge in [-0.05, 0) is 11.1 Å². The van der Waals surface area contributed by atoms with Crippen molar-refractivity contribution < 1.29 is 19.1 Å². The molecule has 3 N–H and O–H groups in total. The van der Waals surface area contributed by atoms with Crippen LogP contribution in [0.15, 0.2) is 72.1 Å². The first-order valence-electron chi connectivity index (χ1n) is 9.49. The first-order valence-corrected chi connectivity index (χ1v) is 10.5. The van der Waals surface area contributed by atoms with Gasteiger partial charge in [-0.2, -0.15) is 0 Å². The van der Waals surface area contributed by atoms with Crippen LogP contribution in [0.25, 0.3) is 0 Å². The molecule has 0 radical (unpaired) electrons. The van der Waals surface area contributed by atoms with Gasteiger partial charge in [-0.25, -0.2) is 4.79 Å². The zero-order valence-corrected chi connectivity index (χ0v) is 17.1. The van der Waals surface area contributed by atoms with E-state index in [0.717, 1.165) is 11.1 Å². The molecule has 4 rings (SSSR count). The van der Waals surface area contributed by atoms with E-state index < -0.39 is 18.1 Å². The number of nitrogens with zero attached hydrogens (tertiary/aromatic N) is 1. The topological polar surface area (TPSA) is 102 Å². The number of hydrogen-bond acceptors (Lipinski definition) is 6. The average Bonchev–Trinajstić information content (AvgIpc) is 2.77. The van der Waals surface area contributed by atoms with Crippen molar-refractivity contribution in [1.82, 2.24) is 10.2 Å². The van der Waals surface area contributed by atoms with Crippen LogP contribution in [0.5, 0.6) is 0 Å². The van der Waals surface area contributed by atoms with Crippen molar-refractivity contribution in [3.8, 4) is 0 Å². The molecule has 154 valence electrons. The molecule has 1 saturated heterocycles. The Hall–Kier alpha value is -3.10. The van der Waals surface area contributed by atoms with Crippen molar-refractivity contribution in [2.45, 2.75) is 24.4 Å². The van der Waals surface area contributed by atoms with Gasteiger partial charge in [0.15, 0.2) is 11.8 Å². The highest BCUT2D eigenvalue weighted by Crippen LogP contribution is 2.40. The van der Waals surface area contributed by atoms with E-state index in [2.05, 4.69) is 5.32 Å². The van der Waals surface area contributed by atoms with Crippen LogP contribution >= 0.6 is 11.8 Å². The van der Waals surface area contributed by atoms with Gasteiger partial charge in [-0.1, -0.05) is 60.7 Å². The van der Waals surface area contributed by atoms with Crippen molar-refractivity contribution in [2.75, 3.05) is 5.75 Å². The van der Waals surface area contributed by atoms with Crippen LogP contribution in [0.1, 0.15) is 24.2 Å². The molecule has 0 aliphatic carbocycles. The summed E-state index contributed by atoms with van der Waals surface area (Å²) in [6.07, 6.45) is -0.663. The average molecular weight is 423 g/mol. The van der Waals surface area contributed by atoms with Crippen LogP contribution in [-0.2, 0) is 19.1 Å². The zero-order valence-electron chi connectivity index (χ0n) is 16.3. The molecule has 1 fully saturated rings. The van der Waals surface area contributed by atoms with Gasteiger partial charge < -0.3 is 15.8 Å². The van der Waals surface area contributed by atoms with E-state index in [9.17, 15) is 14.4 Å². The molecule has 0 saturated carbocycles. The Bertz CT molecular complexity index is 970. The lowest BCUT2D eigenvalue weighted by atomic mass is 10.0. The number of fused-ring (bicyclic) bond motifs is 1. The third-order valence-corrected chi connectivity index (χ3v) is 6.26. The molecule has 30 heavy (non-hydrogen) atoms. The Morgan fingerprint density at radius 1 is 1.10 bits per heavy atom. The Balaban J connectivity index is 1.70. The fourth-order valence-electron chi connectivity index (χ4n) is 3.56. The van der Waals surface area contributed by atoms with Gasteiger partial charge in [0.25, 0.3) is 0 Å². The lowest BCUT2D eigenvalue weighted by molar-refractivity contribution is -0.153. The number of carbonyl (C=O) groups is 3. The first-order chi connectivity index (χ1) is 14.5. The minimum Gasteiger partial charge on any atom is -0.448 e. The normalized spacial score (nSPS) is 20.5. The number of β-lactam (4-membered cyclic amide) rings is 1. The van der Waals surface area contributed by atoms with Crippen LogP contribution < -0.4 is 11.1 Å². The van der Waals surface area contributed by atoms with Gasteiger partial charge in [0, 0.05) is 12.7 Å². The monoisotopic (exact) mass is 423 g/mol. The van der Waals surface area contributed by atoms with Gasteiger partial charge in [0.1, 0.15) is 11.4 Å². The van der Waals surface area contributed by atoms with Crippen LogP contribution in [0.2, 0.25) is 0 Å². The maximum atomic E-state index is 13.3. The molecule has 0 bridgehead atoms. The molecule has 0 aromatic heterocycles.